The Balaban J connectivity index is 1.71. The molecule has 3 aliphatic rings. The smallest absolute Gasteiger partial charge is 0.403 e. The standard InChI is InChI=1S/C9H16B2O5/c1-3-10-13-6-5-12-9-8(7(6)14-10)15-11(4-2)16-9/h6-9H,3-5H2,1-2H3/t6-,7-,8+,9+/m0/s1. The van der Waals surface area contributed by atoms with Crippen LogP contribution in [0.2, 0.25) is 12.6 Å². The minimum absolute atomic E-state index is 0.00888. The van der Waals surface area contributed by atoms with E-state index in [4.69, 9.17) is 23.4 Å². The van der Waals surface area contributed by atoms with Gasteiger partial charge in [-0.3, -0.25) is 0 Å². The molecule has 0 aromatic rings. The maximum Gasteiger partial charge on any atom is 0.458 e. The van der Waals surface area contributed by atoms with E-state index in [0.717, 1.165) is 12.6 Å². The van der Waals surface area contributed by atoms with Gasteiger partial charge in [0, 0.05) is 0 Å². The van der Waals surface area contributed by atoms with Crippen LogP contribution in [0.4, 0.5) is 0 Å². The third-order valence-corrected chi connectivity index (χ3v) is 3.28. The van der Waals surface area contributed by atoms with Gasteiger partial charge in [-0.25, -0.2) is 0 Å². The average Bonchev–Trinajstić information content (AvgIpc) is 2.90. The lowest BCUT2D eigenvalue weighted by molar-refractivity contribution is -0.177. The average molecular weight is 226 g/mol. The normalized spacial score (nSPS) is 42.4. The van der Waals surface area contributed by atoms with E-state index in [1.165, 1.54) is 0 Å². The summed E-state index contributed by atoms with van der Waals surface area (Å²) < 4.78 is 28.5. The minimum Gasteiger partial charge on any atom is -0.403 e. The molecule has 0 aromatic heterocycles. The molecule has 0 unspecified atom stereocenters. The number of hydrogen-bond acceptors (Lipinski definition) is 5. The summed E-state index contributed by atoms with van der Waals surface area (Å²) in [6, 6.07) is 0. The second kappa shape index (κ2) is 4.31. The lowest BCUT2D eigenvalue weighted by Gasteiger charge is -2.33. The maximum atomic E-state index is 5.81. The first kappa shape index (κ1) is 11.0. The molecule has 3 fully saturated rings. The Hall–Kier alpha value is -0.0701. The van der Waals surface area contributed by atoms with Gasteiger partial charge in [-0.2, -0.15) is 0 Å². The summed E-state index contributed by atoms with van der Waals surface area (Å²) in [6.45, 7) is 4.60. The Morgan fingerprint density at radius 1 is 0.938 bits per heavy atom. The first-order valence-electron chi connectivity index (χ1n) is 6.05. The van der Waals surface area contributed by atoms with Crippen molar-refractivity contribution in [3.63, 3.8) is 0 Å². The van der Waals surface area contributed by atoms with Gasteiger partial charge in [0.25, 0.3) is 0 Å². The molecule has 3 aliphatic heterocycles. The monoisotopic (exact) mass is 226 g/mol. The zero-order valence-electron chi connectivity index (χ0n) is 9.63. The number of hydrogen-bond donors (Lipinski definition) is 0. The van der Waals surface area contributed by atoms with Crippen molar-refractivity contribution >= 4 is 14.2 Å². The van der Waals surface area contributed by atoms with E-state index in [-0.39, 0.29) is 38.8 Å². The van der Waals surface area contributed by atoms with E-state index in [2.05, 4.69) is 0 Å². The van der Waals surface area contributed by atoms with Gasteiger partial charge in [-0.15, -0.1) is 0 Å². The zero-order valence-corrected chi connectivity index (χ0v) is 9.63. The Morgan fingerprint density at radius 3 is 2.38 bits per heavy atom. The summed E-state index contributed by atoms with van der Waals surface area (Å²) in [5, 5.41) is 0. The Morgan fingerprint density at radius 2 is 1.62 bits per heavy atom. The van der Waals surface area contributed by atoms with Crippen molar-refractivity contribution < 1.29 is 23.4 Å². The fraction of sp³-hybridized carbons (Fsp3) is 1.00. The molecule has 7 heteroatoms. The summed E-state index contributed by atoms with van der Waals surface area (Å²) >= 11 is 0. The SMILES string of the molecule is CCB1O[C@H]2OC[C@@H]3OB(CC)O[C@@H]3[C@H]2O1. The zero-order chi connectivity index (χ0) is 11.1. The maximum absolute atomic E-state index is 5.81. The van der Waals surface area contributed by atoms with Gasteiger partial charge < -0.3 is 23.4 Å². The van der Waals surface area contributed by atoms with Gasteiger partial charge in [-0.1, -0.05) is 13.8 Å². The molecule has 16 heavy (non-hydrogen) atoms. The van der Waals surface area contributed by atoms with Crippen LogP contribution < -0.4 is 0 Å². The van der Waals surface area contributed by atoms with Gasteiger partial charge in [0.05, 0.1) is 18.8 Å². The molecule has 3 saturated heterocycles. The second-order valence-electron chi connectivity index (χ2n) is 4.39. The molecule has 0 radical (unpaired) electrons. The van der Waals surface area contributed by atoms with Crippen LogP contribution in [0.25, 0.3) is 0 Å². The fourth-order valence-corrected chi connectivity index (χ4v) is 2.43. The van der Waals surface area contributed by atoms with Crippen LogP contribution in [0, 0.1) is 0 Å². The minimum atomic E-state index is -0.287. The molecular weight excluding hydrogens is 210 g/mol. The summed E-state index contributed by atoms with van der Waals surface area (Å²) in [5.41, 5.74) is 0. The largest absolute Gasteiger partial charge is 0.458 e. The summed E-state index contributed by atoms with van der Waals surface area (Å²) in [6.07, 6.45) is 1.20. The van der Waals surface area contributed by atoms with Gasteiger partial charge in [-0.05, 0) is 12.6 Å². The van der Waals surface area contributed by atoms with Crippen molar-refractivity contribution in [1.29, 1.82) is 0 Å². The molecule has 0 amide bonds. The number of fused-ring (bicyclic) bond motifs is 3. The van der Waals surface area contributed by atoms with Crippen molar-refractivity contribution in [2.45, 2.75) is 51.1 Å². The van der Waals surface area contributed by atoms with Gasteiger partial charge in [0.15, 0.2) is 6.29 Å². The molecule has 0 saturated carbocycles. The van der Waals surface area contributed by atoms with E-state index < -0.39 is 0 Å². The highest BCUT2D eigenvalue weighted by molar-refractivity contribution is 6.45. The summed E-state index contributed by atoms with van der Waals surface area (Å²) in [7, 11) is -0.292. The van der Waals surface area contributed by atoms with Gasteiger partial charge in [0.2, 0.25) is 0 Å². The van der Waals surface area contributed by atoms with E-state index in [1.807, 2.05) is 13.8 Å². The third kappa shape index (κ3) is 1.71. The molecule has 3 rings (SSSR count). The molecule has 0 aliphatic carbocycles. The van der Waals surface area contributed by atoms with E-state index in [1.54, 1.807) is 0 Å². The molecule has 0 aromatic carbocycles. The first-order chi connectivity index (χ1) is 7.81. The van der Waals surface area contributed by atoms with Crippen molar-refractivity contribution in [1.82, 2.24) is 0 Å². The van der Waals surface area contributed by atoms with Crippen LogP contribution >= 0.6 is 0 Å². The number of ether oxygens (including phenoxy) is 1. The van der Waals surface area contributed by atoms with E-state index in [9.17, 15) is 0 Å². The second-order valence-corrected chi connectivity index (χ2v) is 4.39. The molecule has 5 nitrogen and oxygen atoms in total. The quantitative estimate of drug-likeness (QED) is 0.643. The Kier molecular flexibility index (Phi) is 2.97. The fourth-order valence-electron chi connectivity index (χ4n) is 2.43. The van der Waals surface area contributed by atoms with E-state index in [0.29, 0.717) is 6.61 Å². The molecule has 0 bridgehead atoms. The predicted octanol–water partition coefficient (Wildman–Crippen LogP) is 0.558. The van der Waals surface area contributed by atoms with Gasteiger partial charge in [0.1, 0.15) is 6.10 Å². The van der Waals surface area contributed by atoms with Crippen molar-refractivity contribution in [2.24, 2.45) is 0 Å². The highest BCUT2D eigenvalue weighted by Gasteiger charge is 2.54. The molecule has 0 spiro atoms. The Labute approximate surface area is 96.0 Å². The Bertz CT molecular complexity index is 240. The van der Waals surface area contributed by atoms with Crippen LogP contribution in [0.15, 0.2) is 0 Å². The molecule has 88 valence electrons. The molecular formula is C9H16B2O5. The highest BCUT2D eigenvalue weighted by atomic mass is 16.8. The van der Waals surface area contributed by atoms with Crippen LogP contribution in [-0.4, -0.2) is 45.4 Å². The first-order valence-corrected chi connectivity index (χ1v) is 6.05. The molecule has 3 heterocycles. The van der Waals surface area contributed by atoms with Crippen molar-refractivity contribution in [2.75, 3.05) is 6.61 Å². The lowest BCUT2D eigenvalue weighted by atomic mass is 9.86. The van der Waals surface area contributed by atoms with Crippen LogP contribution in [-0.2, 0) is 23.4 Å². The summed E-state index contributed by atoms with van der Waals surface area (Å²) in [5.74, 6) is 0. The highest BCUT2D eigenvalue weighted by Crippen LogP contribution is 2.34. The predicted molar refractivity (Wildman–Crippen MR) is 57.9 cm³/mol. The van der Waals surface area contributed by atoms with Crippen molar-refractivity contribution in [3.8, 4) is 0 Å². The molecule has 0 N–H and O–H groups in total. The topological polar surface area (TPSA) is 46.2 Å². The van der Waals surface area contributed by atoms with Gasteiger partial charge >= 0.3 is 14.2 Å². The lowest BCUT2D eigenvalue weighted by Crippen LogP contribution is -2.49. The van der Waals surface area contributed by atoms with Crippen molar-refractivity contribution in [3.05, 3.63) is 0 Å². The number of rotatable bonds is 2. The summed E-state index contributed by atoms with van der Waals surface area (Å²) in [4.78, 5) is 0. The van der Waals surface area contributed by atoms with E-state index >= 15 is 0 Å². The molecule has 4 atom stereocenters. The van der Waals surface area contributed by atoms with Crippen LogP contribution in [0.3, 0.4) is 0 Å². The van der Waals surface area contributed by atoms with Crippen LogP contribution in [0.5, 0.6) is 0 Å². The van der Waals surface area contributed by atoms with Crippen LogP contribution in [0.1, 0.15) is 13.8 Å². The third-order valence-electron chi connectivity index (χ3n) is 3.28.